The van der Waals surface area contributed by atoms with E-state index in [0.29, 0.717) is 0 Å². The summed E-state index contributed by atoms with van der Waals surface area (Å²) < 4.78 is 0. The third-order valence-electron chi connectivity index (χ3n) is 4.11. The van der Waals surface area contributed by atoms with Gasteiger partial charge in [-0.15, -0.1) is 11.8 Å². The highest BCUT2D eigenvalue weighted by Crippen LogP contribution is 2.29. The monoisotopic (exact) mass is 336 g/mol. The zero-order valence-corrected chi connectivity index (χ0v) is 15.3. The Bertz CT molecular complexity index is 405. The molecule has 0 aromatic heterocycles. The molecule has 1 N–H and O–H groups in total. The fourth-order valence-electron chi connectivity index (χ4n) is 2.73. The lowest BCUT2D eigenvalue weighted by Gasteiger charge is -2.12. The highest BCUT2D eigenvalue weighted by Gasteiger charge is 2.19. The summed E-state index contributed by atoms with van der Waals surface area (Å²) in [5.41, 5.74) is 0.900. The normalized spacial score (nSPS) is 12.2. The molecular formula is C20H32O2S. The van der Waals surface area contributed by atoms with Gasteiger partial charge in [-0.3, -0.25) is 4.79 Å². The van der Waals surface area contributed by atoms with Crippen molar-refractivity contribution in [2.45, 2.75) is 76.4 Å². The third kappa shape index (κ3) is 9.70. The lowest BCUT2D eigenvalue weighted by Crippen LogP contribution is -2.08. The van der Waals surface area contributed by atoms with Crippen molar-refractivity contribution in [1.29, 1.82) is 0 Å². The SMILES string of the molecule is CCCCCCCCCCCCSC(C(=O)O)c1ccccc1. The Labute approximate surface area is 146 Å². The molecule has 130 valence electrons. The lowest BCUT2D eigenvalue weighted by atomic mass is 10.1. The molecule has 0 amide bonds. The van der Waals surface area contributed by atoms with E-state index in [-0.39, 0.29) is 0 Å². The molecular weight excluding hydrogens is 304 g/mol. The van der Waals surface area contributed by atoms with E-state index >= 15 is 0 Å². The predicted octanol–water partition coefficient (Wildman–Crippen LogP) is 6.47. The van der Waals surface area contributed by atoms with Gasteiger partial charge in [0.1, 0.15) is 5.25 Å². The van der Waals surface area contributed by atoms with E-state index < -0.39 is 11.2 Å². The number of rotatable bonds is 14. The molecule has 2 nitrogen and oxygen atoms in total. The standard InChI is InChI=1S/C20H32O2S/c1-2-3-4-5-6-7-8-9-10-14-17-23-19(20(21)22)18-15-12-11-13-16-18/h11-13,15-16,19H,2-10,14,17H2,1H3,(H,21,22). The van der Waals surface area contributed by atoms with Crippen LogP contribution in [-0.4, -0.2) is 16.8 Å². The van der Waals surface area contributed by atoms with Crippen molar-refractivity contribution in [3.63, 3.8) is 0 Å². The molecule has 1 aromatic rings. The number of benzene rings is 1. The molecule has 1 aromatic carbocycles. The lowest BCUT2D eigenvalue weighted by molar-refractivity contribution is -0.136. The van der Waals surface area contributed by atoms with Crippen LogP contribution in [0.1, 0.15) is 81.9 Å². The van der Waals surface area contributed by atoms with Crippen molar-refractivity contribution in [2.75, 3.05) is 5.75 Å². The number of hydrogen-bond donors (Lipinski definition) is 1. The van der Waals surface area contributed by atoms with Crippen LogP contribution in [0.25, 0.3) is 0 Å². The second-order valence-corrected chi connectivity index (χ2v) is 7.39. The summed E-state index contributed by atoms with van der Waals surface area (Å²) in [7, 11) is 0. The second-order valence-electron chi connectivity index (χ2n) is 6.18. The van der Waals surface area contributed by atoms with Gasteiger partial charge < -0.3 is 5.11 Å². The maximum absolute atomic E-state index is 11.4. The Morgan fingerprint density at radius 3 is 1.96 bits per heavy atom. The quantitative estimate of drug-likeness (QED) is 0.396. The van der Waals surface area contributed by atoms with Crippen LogP contribution >= 0.6 is 11.8 Å². The molecule has 0 aliphatic heterocycles. The van der Waals surface area contributed by atoms with Crippen LogP contribution in [0, 0.1) is 0 Å². The van der Waals surface area contributed by atoms with Crippen LogP contribution in [0.3, 0.4) is 0 Å². The Kier molecular flexibility index (Phi) is 11.8. The first kappa shape index (κ1) is 20.1. The Morgan fingerprint density at radius 1 is 0.913 bits per heavy atom. The van der Waals surface area contributed by atoms with Gasteiger partial charge >= 0.3 is 5.97 Å². The van der Waals surface area contributed by atoms with Crippen LogP contribution in [0.4, 0.5) is 0 Å². The van der Waals surface area contributed by atoms with E-state index in [4.69, 9.17) is 0 Å². The molecule has 1 unspecified atom stereocenters. The number of carboxylic acid groups (broad SMARTS) is 1. The van der Waals surface area contributed by atoms with Crippen molar-refractivity contribution < 1.29 is 9.90 Å². The van der Waals surface area contributed by atoms with Crippen molar-refractivity contribution in [2.24, 2.45) is 0 Å². The molecule has 0 aliphatic rings. The molecule has 1 atom stereocenters. The van der Waals surface area contributed by atoms with Gasteiger partial charge in [0.15, 0.2) is 0 Å². The molecule has 0 saturated heterocycles. The summed E-state index contributed by atoms with van der Waals surface area (Å²) >= 11 is 1.56. The van der Waals surface area contributed by atoms with E-state index in [1.165, 1.54) is 57.8 Å². The first-order chi connectivity index (χ1) is 11.3. The van der Waals surface area contributed by atoms with Crippen LogP contribution in [0.15, 0.2) is 30.3 Å². The van der Waals surface area contributed by atoms with E-state index in [1.807, 2.05) is 30.3 Å². The minimum Gasteiger partial charge on any atom is -0.480 e. The smallest absolute Gasteiger partial charge is 0.321 e. The highest BCUT2D eigenvalue weighted by atomic mass is 32.2. The summed E-state index contributed by atoms with van der Waals surface area (Å²) in [6.45, 7) is 2.25. The van der Waals surface area contributed by atoms with Crippen LogP contribution in [-0.2, 0) is 4.79 Å². The van der Waals surface area contributed by atoms with Crippen LogP contribution in [0.5, 0.6) is 0 Å². The Hall–Kier alpha value is -0.960. The van der Waals surface area contributed by atoms with Crippen molar-refractivity contribution >= 4 is 17.7 Å². The zero-order valence-electron chi connectivity index (χ0n) is 14.5. The summed E-state index contributed by atoms with van der Waals surface area (Å²) in [6.07, 6.45) is 13.2. The minimum atomic E-state index is -0.728. The zero-order chi connectivity index (χ0) is 16.8. The van der Waals surface area contributed by atoms with Gasteiger partial charge in [0.05, 0.1) is 0 Å². The molecule has 0 fully saturated rings. The largest absolute Gasteiger partial charge is 0.480 e. The predicted molar refractivity (Wildman–Crippen MR) is 101 cm³/mol. The van der Waals surface area contributed by atoms with Crippen LogP contribution in [0.2, 0.25) is 0 Å². The van der Waals surface area contributed by atoms with Crippen molar-refractivity contribution in [3.8, 4) is 0 Å². The summed E-state index contributed by atoms with van der Waals surface area (Å²) in [4.78, 5) is 11.4. The summed E-state index contributed by atoms with van der Waals surface area (Å²) in [5.74, 6) is 0.204. The summed E-state index contributed by atoms with van der Waals surface area (Å²) in [5, 5.41) is 8.95. The van der Waals surface area contributed by atoms with Gasteiger partial charge in [0.2, 0.25) is 0 Å². The Balaban J connectivity index is 2.04. The fourth-order valence-corrected chi connectivity index (χ4v) is 3.83. The van der Waals surface area contributed by atoms with Gasteiger partial charge in [-0.05, 0) is 17.7 Å². The first-order valence-electron chi connectivity index (χ1n) is 9.15. The van der Waals surface area contributed by atoms with Gasteiger partial charge in [-0.25, -0.2) is 0 Å². The van der Waals surface area contributed by atoms with E-state index in [2.05, 4.69) is 6.92 Å². The minimum absolute atomic E-state index is 0.422. The maximum atomic E-state index is 11.4. The Morgan fingerprint density at radius 2 is 1.43 bits per heavy atom. The highest BCUT2D eigenvalue weighted by molar-refractivity contribution is 8.00. The molecule has 1 rings (SSSR count). The molecule has 0 saturated carbocycles. The van der Waals surface area contributed by atoms with Gasteiger partial charge in [0, 0.05) is 0 Å². The molecule has 0 aliphatic carbocycles. The molecule has 0 radical (unpaired) electrons. The fraction of sp³-hybridized carbons (Fsp3) is 0.650. The van der Waals surface area contributed by atoms with Crippen molar-refractivity contribution in [1.82, 2.24) is 0 Å². The number of thioether (sulfide) groups is 1. The van der Waals surface area contributed by atoms with E-state index in [0.717, 1.165) is 17.7 Å². The summed E-state index contributed by atoms with van der Waals surface area (Å²) in [6, 6.07) is 9.56. The third-order valence-corrected chi connectivity index (χ3v) is 5.44. The average Bonchev–Trinajstić information content (AvgIpc) is 2.56. The number of unbranched alkanes of at least 4 members (excludes halogenated alkanes) is 9. The number of aliphatic carboxylic acids is 1. The number of hydrogen-bond acceptors (Lipinski definition) is 2. The second kappa shape index (κ2) is 13.5. The molecule has 0 spiro atoms. The molecule has 0 heterocycles. The van der Waals surface area contributed by atoms with E-state index in [1.54, 1.807) is 11.8 Å². The number of carbonyl (C=O) groups is 1. The number of carboxylic acids is 1. The van der Waals surface area contributed by atoms with Crippen molar-refractivity contribution in [3.05, 3.63) is 35.9 Å². The first-order valence-corrected chi connectivity index (χ1v) is 10.2. The molecule has 23 heavy (non-hydrogen) atoms. The van der Waals surface area contributed by atoms with Gasteiger partial charge in [0.25, 0.3) is 0 Å². The maximum Gasteiger partial charge on any atom is 0.321 e. The van der Waals surface area contributed by atoms with Gasteiger partial charge in [-0.2, -0.15) is 0 Å². The van der Waals surface area contributed by atoms with Crippen LogP contribution < -0.4 is 0 Å². The average molecular weight is 337 g/mol. The molecule has 3 heteroatoms. The van der Waals surface area contributed by atoms with Gasteiger partial charge in [-0.1, -0.05) is 95.0 Å². The molecule has 0 bridgehead atoms. The van der Waals surface area contributed by atoms with E-state index in [9.17, 15) is 9.90 Å². The topological polar surface area (TPSA) is 37.3 Å².